The van der Waals surface area contributed by atoms with Crippen LogP contribution in [-0.4, -0.2) is 8.68 Å². The SMILES string of the molecule is c1ccc(P(n2cccc2)n2cccc2)cc1. The third-order valence-electron chi connectivity index (χ3n) is 2.60. The van der Waals surface area contributed by atoms with Crippen molar-refractivity contribution >= 4 is 13.5 Å². The van der Waals surface area contributed by atoms with Crippen LogP contribution in [0.1, 0.15) is 0 Å². The Kier molecular flexibility index (Phi) is 2.81. The summed E-state index contributed by atoms with van der Waals surface area (Å²) in [6.07, 6.45) is 8.49. The van der Waals surface area contributed by atoms with E-state index in [4.69, 9.17) is 0 Å². The topological polar surface area (TPSA) is 9.86 Å². The molecule has 3 aromatic rings. The molecule has 0 unspecified atom stereocenters. The molecule has 0 aliphatic heterocycles. The summed E-state index contributed by atoms with van der Waals surface area (Å²) in [6, 6.07) is 18.9. The standard InChI is InChI=1S/C14H13N2P/c1-2-8-14(9-3-1)17(15-10-4-5-11-15)16-12-6-7-13-16/h1-13H. The smallest absolute Gasteiger partial charge is 0.136 e. The normalized spacial score (nSPS) is 10.9. The van der Waals surface area contributed by atoms with Crippen LogP contribution in [0.2, 0.25) is 0 Å². The van der Waals surface area contributed by atoms with Gasteiger partial charge in [-0.1, -0.05) is 30.3 Å². The van der Waals surface area contributed by atoms with Crippen LogP contribution in [0.4, 0.5) is 0 Å². The van der Waals surface area contributed by atoms with E-state index in [0.717, 1.165) is 0 Å². The van der Waals surface area contributed by atoms with E-state index in [0.29, 0.717) is 0 Å². The zero-order valence-electron chi connectivity index (χ0n) is 9.35. The summed E-state index contributed by atoms with van der Waals surface area (Å²) < 4.78 is 4.54. The zero-order chi connectivity index (χ0) is 11.5. The predicted molar refractivity (Wildman–Crippen MR) is 72.7 cm³/mol. The van der Waals surface area contributed by atoms with Gasteiger partial charge in [-0.3, -0.25) is 0 Å². The number of benzene rings is 1. The summed E-state index contributed by atoms with van der Waals surface area (Å²) in [4.78, 5) is 0. The molecule has 1 aromatic carbocycles. The fourth-order valence-corrected chi connectivity index (χ4v) is 3.87. The highest BCUT2D eigenvalue weighted by Gasteiger charge is 2.13. The van der Waals surface area contributed by atoms with Crippen molar-refractivity contribution in [2.45, 2.75) is 0 Å². The van der Waals surface area contributed by atoms with Gasteiger partial charge in [0.05, 0.1) is 0 Å². The van der Waals surface area contributed by atoms with E-state index in [-0.39, 0.29) is 0 Å². The maximum Gasteiger partial charge on any atom is 0.136 e. The van der Waals surface area contributed by atoms with Crippen molar-refractivity contribution < 1.29 is 0 Å². The fourth-order valence-electron chi connectivity index (χ4n) is 1.85. The molecule has 0 saturated heterocycles. The quantitative estimate of drug-likeness (QED) is 0.621. The van der Waals surface area contributed by atoms with Crippen molar-refractivity contribution in [1.82, 2.24) is 8.68 Å². The molecule has 0 atom stereocenters. The average molecular weight is 240 g/mol. The van der Waals surface area contributed by atoms with Gasteiger partial charge in [0.25, 0.3) is 0 Å². The highest BCUT2D eigenvalue weighted by molar-refractivity contribution is 7.62. The number of nitrogens with zero attached hydrogens (tertiary/aromatic N) is 2. The van der Waals surface area contributed by atoms with Gasteiger partial charge in [-0.2, -0.15) is 0 Å². The second kappa shape index (κ2) is 4.60. The summed E-state index contributed by atoms with van der Waals surface area (Å²) in [5, 5.41) is 1.34. The molecule has 17 heavy (non-hydrogen) atoms. The summed E-state index contributed by atoms with van der Waals surface area (Å²) in [5.74, 6) is 0. The van der Waals surface area contributed by atoms with Gasteiger partial charge in [0, 0.05) is 30.1 Å². The molecule has 0 aliphatic carbocycles. The monoisotopic (exact) mass is 240 g/mol. The Morgan fingerprint density at radius 3 is 1.53 bits per heavy atom. The maximum absolute atomic E-state index is 2.27. The highest BCUT2D eigenvalue weighted by Crippen LogP contribution is 2.37. The summed E-state index contributed by atoms with van der Waals surface area (Å²) in [7, 11) is -0.539. The Hall–Kier alpha value is -1.79. The molecule has 2 aromatic heterocycles. The predicted octanol–water partition coefficient (Wildman–Crippen LogP) is 3.32. The molecule has 3 rings (SSSR count). The minimum Gasteiger partial charge on any atom is -0.312 e. The Labute approximate surface area is 102 Å². The number of hydrogen-bond donors (Lipinski definition) is 0. The van der Waals surface area contributed by atoms with Crippen LogP contribution >= 0.6 is 8.22 Å². The van der Waals surface area contributed by atoms with Crippen LogP contribution in [0.5, 0.6) is 0 Å². The second-order valence-electron chi connectivity index (χ2n) is 3.75. The zero-order valence-corrected chi connectivity index (χ0v) is 10.2. The van der Waals surface area contributed by atoms with Crippen LogP contribution in [0, 0.1) is 0 Å². The van der Waals surface area contributed by atoms with Crippen molar-refractivity contribution in [3.05, 3.63) is 79.4 Å². The van der Waals surface area contributed by atoms with Crippen LogP contribution in [0.25, 0.3) is 0 Å². The van der Waals surface area contributed by atoms with Gasteiger partial charge < -0.3 is 8.68 Å². The summed E-state index contributed by atoms with van der Waals surface area (Å²) in [5.41, 5.74) is 0. The second-order valence-corrected chi connectivity index (χ2v) is 5.77. The largest absolute Gasteiger partial charge is 0.312 e. The third kappa shape index (κ3) is 2.04. The van der Waals surface area contributed by atoms with Gasteiger partial charge in [0.15, 0.2) is 0 Å². The Morgan fingerprint density at radius 2 is 1.06 bits per heavy atom. The molecule has 0 fully saturated rings. The van der Waals surface area contributed by atoms with Crippen molar-refractivity contribution in [3.8, 4) is 0 Å². The molecule has 0 saturated carbocycles. The molecule has 2 nitrogen and oxygen atoms in total. The van der Waals surface area contributed by atoms with Crippen molar-refractivity contribution in [2.75, 3.05) is 0 Å². The molecule has 0 amide bonds. The lowest BCUT2D eigenvalue weighted by atomic mass is 10.4. The molecule has 0 radical (unpaired) electrons. The molecule has 0 N–H and O–H groups in total. The molecule has 0 bridgehead atoms. The first kappa shape index (κ1) is 10.4. The number of rotatable bonds is 3. The van der Waals surface area contributed by atoms with Crippen LogP contribution < -0.4 is 5.30 Å². The average Bonchev–Trinajstić information content (AvgIpc) is 3.04. The van der Waals surface area contributed by atoms with Gasteiger partial charge in [0.2, 0.25) is 0 Å². The van der Waals surface area contributed by atoms with Gasteiger partial charge in [0.1, 0.15) is 8.22 Å². The molecule has 2 heterocycles. The van der Waals surface area contributed by atoms with E-state index in [1.165, 1.54) is 5.30 Å². The van der Waals surface area contributed by atoms with Crippen LogP contribution in [0.15, 0.2) is 79.4 Å². The van der Waals surface area contributed by atoms with E-state index in [1.807, 2.05) is 0 Å². The molecular weight excluding hydrogens is 227 g/mol. The van der Waals surface area contributed by atoms with Crippen molar-refractivity contribution in [1.29, 1.82) is 0 Å². The van der Waals surface area contributed by atoms with E-state index in [2.05, 4.69) is 88.1 Å². The van der Waals surface area contributed by atoms with E-state index >= 15 is 0 Å². The Bertz CT molecular complexity index is 521. The van der Waals surface area contributed by atoms with E-state index < -0.39 is 8.22 Å². The molecule has 0 aliphatic rings. The van der Waals surface area contributed by atoms with Crippen molar-refractivity contribution in [3.63, 3.8) is 0 Å². The lowest BCUT2D eigenvalue weighted by Crippen LogP contribution is -2.10. The maximum atomic E-state index is 2.27. The van der Waals surface area contributed by atoms with E-state index in [9.17, 15) is 0 Å². The lowest BCUT2D eigenvalue weighted by molar-refractivity contribution is 1.15. The van der Waals surface area contributed by atoms with Crippen LogP contribution in [-0.2, 0) is 0 Å². The Morgan fingerprint density at radius 1 is 0.588 bits per heavy atom. The van der Waals surface area contributed by atoms with Gasteiger partial charge >= 0.3 is 0 Å². The number of aromatic nitrogens is 2. The summed E-state index contributed by atoms with van der Waals surface area (Å²) in [6.45, 7) is 0. The van der Waals surface area contributed by atoms with Gasteiger partial charge in [-0.15, -0.1) is 0 Å². The first-order valence-corrected chi connectivity index (χ1v) is 6.81. The van der Waals surface area contributed by atoms with E-state index in [1.54, 1.807) is 0 Å². The summed E-state index contributed by atoms with van der Waals surface area (Å²) >= 11 is 0. The number of hydrogen-bond acceptors (Lipinski definition) is 0. The Balaban J connectivity index is 2.10. The fraction of sp³-hybridized carbons (Fsp3) is 0. The van der Waals surface area contributed by atoms with Gasteiger partial charge in [-0.05, 0) is 24.3 Å². The van der Waals surface area contributed by atoms with Crippen molar-refractivity contribution in [2.24, 2.45) is 0 Å². The minimum absolute atomic E-state index is 0.539. The molecule has 3 heteroatoms. The minimum atomic E-state index is -0.539. The third-order valence-corrected chi connectivity index (χ3v) is 4.77. The molecule has 0 spiro atoms. The lowest BCUT2D eigenvalue weighted by Gasteiger charge is -2.20. The first-order valence-electron chi connectivity index (χ1n) is 5.57. The van der Waals surface area contributed by atoms with Gasteiger partial charge in [-0.25, -0.2) is 0 Å². The molecule has 84 valence electrons. The molecular formula is C14H13N2P. The highest BCUT2D eigenvalue weighted by atomic mass is 31.1. The van der Waals surface area contributed by atoms with Crippen LogP contribution in [0.3, 0.4) is 0 Å². The first-order chi connectivity index (χ1) is 8.45.